The second-order valence-corrected chi connectivity index (χ2v) is 7.23. The molecule has 1 heterocycles. The molecule has 0 aliphatic heterocycles. The van der Waals surface area contributed by atoms with Crippen LogP contribution < -0.4 is 11.1 Å². The molecule has 1 aromatic heterocycles. The number of nitrogens with two attached hydrogens (primary N) is 1. The van der Waals surface area contributed by atoms with Gasteiger partial charge in [-0.15, -0.1) is 0 Å². The van der Waals surface area contributed by atoms with Gasteiger partial charge in [-0.25, -0.2) is 9.97 Å². The van der Waals surface area contributed by atoms with Gasteiger partial charge in [-0.1, -0.05) is 34.6 Å². The third-order valence-corrected chi connectivity index (χ3v) is 4.20. The van der Waals surface area contributed by atoms with Crippen LogP contribution in [0.4, 0.5) is 11.6 Å². The van der Waals surface area contributed by atoms with E-state index in [-0.39, 0.29) is 10.8 Å². The third kappa shape index (κ3) is 2.73. The molecule has 0 amide bonds. The van der Waals surface area contributed by atoms with Gasteiger partial charge in [-0.3, -0.25) is 0 Å². The van der Waals surface area contributed by atoms with Crippen molar-refractivity contribution in [2.24, 2.45) is 5.41 Å². The monoisotopic (exact) mass is 278 g/mol. The summed E-state index contributed by atoms with van der Waals surface area (Å²) < 4.78 is 5.47. The first-order valence-corrected chi connectivity index (χ1v) is 7.09. The van der Waals surface area contributed by atoms with E-state index in [9.17, 15) is 0 Å². The lowest BCUT2D eigenvalue weighted by atomic mass is 9.64. The molecule has 5 heteroatoms. The van der Waals surface area contributed by atoms with Crippen LogP contribution in [0.5, 0.6) is 0 Å². The number of ether oxygens (including phenoxy) is 1. The Hall–Kier alpha value is -1.36. The van der Waals surface area contributed by atoms with Gasteiger partial charge in [0.05, 0.1) is 6.10 Å². The highest BCUT2D eigenvalue weighted by atomic mass is 16.5. The maximum atomic E-state index is 5.90. The number of nitrogens with one attached hydrogen (secondary N) is 1. The Labute approximate surface area is 121 Å². The first kappa shape index (κ1) is 15.0. The number of anilines is 2. The van der Waals surface area contributed by atoms with Crippen LogP contribution in [0.15, 0.2) is 6.07 Å². The van der Waals surface area contributed by atoms with Crippen LogP contribution in [0.3, 0.4) is 0 Å². The predicted molar refractivity (Wildman–Crippen MR) is 81.8 cm³/mol. The van der Waals surface area contributed by atoms with Gasteiger partial charge >= 0.3 is 0 Å². The van der Waals surface area contributed by atoms with Crippen LogP contribution in [-0.4, -0.2) is 29.2 Å². The second-order valence-electron chi connectivity index (χ2n) is 7.23. The SMILES string of the molecule is COC1CC(Nc2cc(N)nc(C(C)(C)C)n2)C1(C)C. The van der Waals surface area contributed by atoms with E-state index >= 15 is 0 Å². The summed E-state index contributed by atoms with van der Waals surface area (Å²) in [6, 6.07) is 2.14. The lowest BCUT2D eigenvalue weighted by molar-refractivity contribution is -0.0795. The summed E-state index contributed by atoms with van der Waals surface area (Å²) in [5.41, 5.74) is 5.88. The molecule has 0 saturated heterocycles. The van der Waals surface area contributed by atoms with E-state index in [1.807, 2.05) is 0 Å². The minimum absolute atomic E-state index is 0.0936. The van der Waals surface area contributed by atoms with Crippen molar-refractivity contribution < 1.29 is 4.74 Å². The van der Waals surface area contributed by atoms with E-state index in [0.29, 0.717) is 18.0 Å². The molecule has 2 unspecified atom stereocenters. The number of nitrogens with zero attached hydrogens (tertiary/aromatic N) is 2. The van der Waals surface area contributed by atoms with Crippen molar-refractivity contribution in [3.8, 4) is 0 Å². The van der Waals surface area contributed by atoms with E-state index in [1.165, 1.54) is 0 Å². The van der Waals surface area contributed by atoms with Gasteiger partial charge in [0.2, 0.25) is 0 Å². The Morgan fingerprint density at radius 3 is 2.50 bits per heavy atom. The second kappa shape index (κ2) is 4.88. The number of rotatable bonds is 3. The highest BCUT2D eigenvalue weighted by Gasteiger charge is 2.48. The Morgan fingerprint density at radius 1 is 1.35 bits per heavy atom. The summed E-state index contributed by atoms with van der Waals surface area (Å²) >= 11 is 0. The Morgan fingerprint density at radius 2 is 2.00 bits per heavy atom. The van der Waals surface area contributed by atoms with Gasteiger partial charge < -0.3 is 15.8 Å². The van der Waals surface area contributed by atoms with Crippen LogP contribution >= 0.6 is 0 Å². The molecule has 3 N–H and O–H groups in total. The van der Waals surface area contributed by atoms with Crippen LogP contribution in [0, 0.1) is 5.41 Å². The van der Waals surface area contributed by atoms with Crippen LogP contribution in [-0.2, 0) is 10.2 Å². The van der Waals surface area contributed by atoms with Gasteiger partial charge in [0.1, 0.15) is 17.5 Å². The van der Waals surface area contributed by atoms with E-state index in [2.05, 4.69) is 49.9 Å². The Kier molecular flexibility index (Phi) is 3.67. The average molecular weight is 278 g/mol. The van der Waals surface area contributed by atoms with Crippen LogP contribution in [0.25, 0.3) is 0 Å². The lowest BCUT2D eigenvalue weighted by Gasteiger charge is -2.51. The summed E-state index contributed by atoms with van der Waals surface area (Å²) in [6.07, 6.45) is 1.28. The number of aromatic nitrogens is 2. The molecular formula is C15H26N4O. The van der Waals surface area contributed by atoms with Gasteiger partial charge in [-0.2, -0.15) is 0 Å². The molecule has 1 aliphatic rings. The number of hydrogen-bond acceptors (Lipinski definition) is 5. The van der Waals surface area contributed by atoms with Gasteiger partial charge in [-0.05, 0) is 6.42 Å². The first-order valence-electron chi connectivity index (χ1n) is 7.09. The van der Waals surface area contributed by atoms with E-state index in [4.69, 9.17) is 10.5 Å². The quantitative estimate of drug-likeness (QED) is 0.889. The fourth-order valence-electron chi connectivity index (χ4n) is 2.58. The summed E-state index contributed by atoms with van der Waals surface area (Å²) in [5, 5.41) is 3.48. The lowest BCUT2D eigenvalue weighted by Crippen LogP contribution is -2.57. The molecule has 2 rings (SSSR count). The van der Waals surface area contributed by atoms with Gasteiger partial charge in [0, 0.05) is 30.0 Å². The normalized spacial score (nSPS) is 25.1. The highest BCUT2D eigenvalue weighted by molar-refractivity contribution is 5.47. The van der Waals surface area contributed by atoms with Crippen molar-refractivity contribution in [2.45, 2.75) is 58.6 Å². The van der Waals surface area contributed by atoms with Gasteiger partial charge in [0.25, 0.3) is 0 Å². The zero-order chi connectivity index (χ0) is 15.1. The highest BCUT2D eigenvalue weighted by Crippen LogP contribution is 2.43. The zero-order valence-corrected chi connectivity index (χ0v) is 13.3. The van der Waals surface area contributed by atoms with Crippen molar-refractivity contribution in [3.05, 3.63) is 11.9 Å². The average Bonchev–Trinajstić information content (AvgIpc) is 2.32. The molecule has 0 spiro atoms. The maximum absolute atomic E-state index is 5.90. The fourth-order valence-corrected chi connectivity index (χ4v) is 2.58. The van der Waals surface area contributed by atoms with E-state index < -0.39 is 0 Å². The molecule has 1 aromatic rings. The molecule has 0 radical (unpaired) electrons. The number of hydrogen-bond donors (Lipinski definition) is 2. The van der Waals surface area contributed by atoms with Crippen molar-refractivity contribution in [2.75, 3.05) is 18.2 Å². The number of nitrogen functional groups attached to an aromatic ring is 1. The fraction of sp³-hybridized carbons (Fsp3) is 0.733. The molecular weight excluding hydrogens is 252 g/mol. The van der Waals surface area contributed by atoms with Crippen molar-refractivity contribution in [1.29, 1.82) is 0 Å². The summed E-state index contributed by atoms with van der Waals surface area (Å²) in [6.45, 7) is 10.7. The van der Waals surface area contributed by atoms with Crippen molar-refractivity contribution >= 4 is 11.6 Å². The van der Waals surface area contributed by atoms with E-state index in [0.717, 1.165) is 18.1 Å². The standard InChI is InChI=1S/C15H26N4O/c1-14(2,3)13-18-11(16)8-12(19-13)17-9-7-10(20-6)15(9,4)5/h8-10H,7H2,1-6H3,(H3,16,17,18,19). The Bertz CT molecular complexity index is 493. The van der Waals surface area contributed by atoms with Crippen LogP contribution in [0.2, 0.25) is 0 Å². The number of methoxy groups -OCH3 is 1. The van der Waals surface area contributed by atoms with E-state index in [1.54, 1.807) is 13.2 Å². The zero-order valence-electron chi connectivity index (χ0n) is 13.3. The predicted octanol–water partition coefficient (Wildman–Crippen LogP) is 2.58. The summed E-state index contributed by atoms with van der Waals surface area (Å²) in [4.78, 5) is 8.93. The van der Waals surface area contributed by atoms with Crippen LogP contribution in [0.1, 0.15) is 46.9 Å². The molecule has 20 heavy (non-hydrogen) atoms. The molecule has 0 aromatic carbocycles. The largest absolute Gasteiger partial charge is 0.384 e. The molecule has 2 atom stereocenters. The first-order chi connectivity index (χ1) is 9.14. The minimum Gasteiger partial charge on any atom is -0.384 e. The summed E-state index contributed by atoms with van der Waals surface area (Å²) in [7, 11) is 1.77. The minimum atomic E-state index is -0.115. The molecule has 1 saturated carbocycles. The topological polar surface area (TPSA) is 73.1 Å². The maximum Gasteiger partial charge on any atom is 0.138 e. The molecule has 5 nitrogen and oxygen atoms in total. The molecule has 1 aliphatic carbocycles. The third-order valence-electron chi connectivity index (χ3n) is 4.20. The van der Waals surface area contributed by atoms with Crippen molar-refractivity contribution in [1.82, 2.24) is 9.97 Å². The Balaban J connectivity index is 2.17. The van der Waals surface area contributed by atoms with Crippen molar-refractivity contribution in [3.63, 3.8) is 0 Å². The van der Waals surface area contributed by atoms with Gasteiger partial charge in [0.15, 0.2) is 0 Å². The smallest absolute Gasteiger partial charge is 0.138 e. The summed E-state index contributed by atoms with van der Waals surface area (Å²) in [5.74, 6) is 2.07. The molecule has 0 bridgehead atoms. The molecule has 1 fully saturated rings. The molecule has 112 valence electrons.